The van der Waals surface area contributed by atoms with E-state index < -0.39 is 0 Å². The van der Waals surface area contributed by atoms with Crippen LogP contribution in [-0.2, 0) is 4.79 Å². The van der Waals surface area contributed by atoms with E-state index in [-0.39, 0.29) is 11.8 Å². The van der Waals surface area contributed by atoms with Crippen molar-refractivity contribution in [1.82, 2.24) is 4.90 Å². The number of rotatable bonds is 2. The van der Waals surface area contributed by atoms with Gasteiger partial charge in [-0.25, -0.2) is 0 Å². The summed E-state index contributed by atoms with van der Waals surface area (Å²) in [5, 5.41) is 0. The maximum Gasteiger partial charge on any atom is 0.225 e. The fourth-order valence-electron chi connectivity index (χ4n) is 2.89. The van der Waals surface area contributed by atoms with Crippen LogP contribution in [0.3, 0.4) is 0 Å². The molecule has 1 aromatic rings. The van der Waals surface area contributed by atoms with E-state index in [0.29, 0.717) is 0 Å². The topological polar surface area (TPSA) is 23.6 Å². The molecule has 19 heavy (non-hydrogen) atoms. The smallest absolute Gasteiger partial charge is 0.225 e. The molecule has 1 saturated heterocycles. The first-order chi connectivity index (χ1) is 8.99. The predicted octanol–water partition coefficient (Wildman–Crippen LogP) is 2.61. The highest BCUT2D eigenvalue weighted by molar-refractivity contribution is 5.78. The summed E-state index contributed by atoms with van der Waals surface area (Å²) in [5.41, 5.74) is 3.96. The van der Waals surface area contributed by atoms with E-state index in [4.69, 9.17) is 0 Å². The monoisotopic (exact) mass is 260 g/mol. The van der Waals surface area contributed by atoms with Crippen LogP contribution < -0.4 is 4.90 Å². The third-order valence-electron chi connectivity index (χ3n) is 3.98. The molecule has 0 N–H and O–H groups in total. The third kappa shape index (κ3) is 3.09. The first-order valence-corrected chi connectivity index (χ1v) is 7.02. The third-order valence-corrected chi connectivity index (χ3v) is 3.98. The molecule has 1 aliphatic heterocycles. The molecule has 3 heteroatoms. The molecule has 1 fully saturated rings. The summed E-state index contributed by atoms with van der Waals surface area (Å²) < 4.78 is 0. The molecule has 0 atom stereocenters. The average molecular weight is 260 g/mol. The fourth-order valence-corrected chi connectivity index (χ4v) is 2.89. The van der Waals surface area contributed by atoms with Crippen LogP contribution in [0, 0.1) is 19.8 Å². The van der Waals surface area contributed by atoms with Crippen LogP contribution in [0.2, 0.25) is 0 Å². The van der Waals surface area contributed by atoms with Gasteiger partial charge >= 0.3 is 0 Å². The Bertz CT molecular complexity index is 460. The zero-order valence-electron chi connectivity index (χ0n) is 12.4. The molecule has 1 aromatic carbocycles. The normalized spacial score (nSPS) is 16.5. The number of benzene rings is 1. The largest absolute Gasteiger partial charge is 0.371 e. The molecular formula is C16H24N2O. The molecule has 0 bridgehead atoms. The zero-order valence-corrected chi connectivity index (χ0v) is 12.4. The minimum Gasteiger partial charge on any atom is -0.371 e. The molecule has 2 rings (SSSR count). The zero-order chi connectivity index (χ0) is 14.0. The Balaban J connectivity index is 2.02. The van der Waals surface area contributed by atoms with E-state index in [0.717, 1.165) is 25.9 Å². The highest BCUT2D eigenvalue weighted by atomic mass is 16.2. The van der Waals surface area contributed by atoms with E-state index in [2.05, 4.69) is 36.9 Å². The summed E-state index contributed by atoms with van der Waals surface area (Å²) >= 11 is 0. The number of carbonyl (C=O) groups excluding carboxylic acids is 1. The molecule has 104 valence electrons. The number of hydrogen-bond acceptors (Lipinski definition) is 2. The SMILES string of the molecule is Cc1ccc(N2CCC(C(=O)N(C)C)CC2)c(C)c1. The van der Waals surface area contributed by atoms with Gasteiger partial charge in [0.2, 0.25) is 5.91 Å². The number of hydrogen-bond donors (Lipinski definition) is 0. The molecule has 0 unspecified atom stereocenters. The van der Waals surface area contributed by atoms with E-state index >= 15 is 0 Å². The van der Waals surface area contributed by atoms with Crippen molar-refractivity contribution in [1.29, 1.82) is 0 Å². The molecule has 0 spiro atoms. The van der Waals surface area contributed by atoms with Gasteiger partial charge < -0.3 is 9.80 Å². The van der Waals surface area contributed by atoms with Crippen molar-refractivity contribution in [3.63, 3.8) is 0 Å². The van der Waals surface area contributed by atoms with Gasteiger partial charge in [-0.3, -0.25) is 4.79 Å². The average Bonchev–Trinajstić information content (AvgIpc) is 2.38. The summed E-state index contributed by atoms with van der Waals surface area (Å²) in [6.07, 6.45) is 1.93. The minimum absolute atomic E-state index is 0.206. The van der Waals surface area contributed by atoms with Crippen LogP contribution >= 0.6 is 0 Å². The van der Waals surface area contributed by atoms with Crippen molar-refractivity contribution < 1.29 is 4.79 Å². The Hall–Kier alpha value is -1.51. The van der Waals surface area contributed by atoms with Crippen LogP contribution in [0.4, 0.5) is 5.69 Å². The van der Waals surface area contributed by atoms with Crippen molar-refractivity contribution in [2.45, 2.75) is 26.7 Å². The van der Waals surface area contributed by atoms with E-state index in [1.165, 1.54) is 16.8 Å². The molecular weight excluding hydrogens is 236 g/mol. The summed E-state index contributed by atoms with van der Waals surface area (Å²) in [4.78, 5) is 16.1. The fraction of sp³-hybridized carbons (Fsp3) is 0.562. The molecule has 0 aromatic heterocycles. The molecule has 3 nitrogen and oxygen atoms in total. The van der Waals surface area contributed by atoms with Gasteiger partial charge in [-0.15, -0.1) is 0 Å². The lowest BCUT2D eigenvalue weighted by Gasteiger charge is -2.34. The predicted molar refractivity (Wildman–Crippen MR) is 79.5 cm³/mol. The first kappa shape index (κ1) is 13.9. The van der Waals surface area contributed by atoms with Gasteiger partial charge in [0.15, 0.2) is 0 Å². The number of aryl methyl sites for hydroxylation is 2. The van der Waals surface area contributed by atoms with Gasteiger partial charge in [-0.05, 0) is 38.3 Å². The van der Waals surface area contributed by atoms with Gasteiger partial charge in [0.25, 0.3) is 0 Å². The van der Waals surface area contributed by atoms with Crippen LogP contribution in [0.5, 0.6) is 0 Å². The standard InChI is InChI=1S/C16H24N2O/c1-12-5-6-15(13(2)11-12)18-9-7-14(8-10-18)16(19)17(3)4/h5-6,11,14H,7-10H2,1-4H3. The number of nitrogens with zero attached hydrogens (tertiary/aromatic N) is 2. The summed E-state index contributed by atoms with van der Waals surface area (Å²) in [5.74, 6) is 0.484. The molecule has 0 radical (unpaired) electrons. The number of piperidine rings is 1. The number of anilines is 1. The Labute approximate surface area is 116 Å². The van der Waals surface area contributed by atoms with Crippen molar-refractivity contribution >= 4 is 11.6 Å². The van der Waals surface area contributed by atoms with Crippen LogP contribution in [0.25, 0.3) is 0 Å². The molecule has 0 aliphatic carbocycles. The Morgan fingerprint density at radius 3 is 2.37 bits per heavy atom. The highest BCUT2D eigenvalue weighted by Gasteiger charge is 2.26. The first-order valence-electron chi connectivity index (χ1n) is 7.02. The molecule has 1 heterocycles. The van der Waals surface area contributed by atoms with E-state index in [9.17, 15) is 4.79 Å². The molecule has 1 aliphatic rings. The van der Waals surface area contributed by atoms with Gasteiger partial charge in [-0.2, -0.15) is 0 Å². The summed E-state index contributed by atoms with van der Waals surface area (Å²) in [7, 11) is 3.69. The summed E-state index contributed by atoms with van der Waals surface area (Å²) in [6.45, 7) is 6.25. The van der Waals surface area contributed by atoms with E-state index in [1.54, 1.807) is 4.90 Å². The van der Waals surface area contributed by atoms with Gasteiger partial charge in [0.05, 0.1) is 0 Å². The lowest BCUT2D eigenvalue weighted by molar-refractivity contribution is -0.133. The minimum atomic E-state index is 0.206. The van der Waals surface area contributed by atoms with Crippen molar-refractivity contribution in [2.75, 3.05) is 32.1 Å². The summed E-state index contributed by atoms with van der Waals surface area (Å²) in [6, 6.07) is 6.60. The van der Waals surface area contributed by atoms with Crippen molar-refractivity contribution in [3.8, 4) is 0 Å². The number of carbonyl (C=O) groups is 1. The van der Waals surface area contributed by atoms with Gasteiger partial charge in [0.1, 0.15) is 0 Å². The van der Waals surface area contributed by atoms with Crippen LogP contribution in [0.15, 0.2) is 18.2 Å². The maximum absolute atomic E-state index is 12.0. The molecule has 0 saturated carbocycles. The lowest BCUT2D eigenvalue weighted by Crippen LogP contribution is -2.40. The number of amides is 1. The maximum atomic E-state index is 12.0. The van der Waals surface area contributed by atoms with Crippen molar-refractivity contribution in [2.24, 2.45) is 5.92 Å². The Morgan fingerprint density at radius 1 is 1.21 bits per heavy atom. The van der Waals surface area contributed by atoms with E-state index in [1.807, 2.05) is 14.1 Å². The second-order valence-corrected chi connectivity index (χ2v) is 5.78. The Kier molecular flexibility index (Phi) is 4.13. The van der Waals surface area contributed by atoms with Gasteiger partial charge in [-0.1, -0.05) is 17.7 Å². The van der Waals surface area contributed by atoms with Gasteiger partial charge in [0, 0.05) is 38.8 Å². The van der Waals surface area contributed by atoms with Crippen LogP contribution in [-0.4, -0.2) is 38.0 Å². The molecule has 1 amide bonds. The van der Waals surface area contributed by atoms with Crippen LogP contribution in [0.1, 0.15) is 24.0 Å². The van der Waals surface area contributed by atoms with Crippen molar-refractivity contribution in [3.05, 3.63) is 29.3 Å². The second-order valence-electron chi connectivity index (χ2n) is 5.78. The highest BCUT2D eigenvalue weighted by Crippen LogP contribution is 2.27. The quantitative estimate of drug-likeness (QED) is 0.816. The second kappa shape index (κ2) is 5.64. The Morgan fingerprint density at radius 2 is 1.84 bits per heavy atom. The lowest BCUT2D eigenvalue weighted by atomic mass is 9.94.